The molecule has 0 saturated carbocycles. The number of carboxylic acids is 1. The Hall–Kier alpha value is -0.870. The van der Waals surface area contributed by atoms with Crippen molar-refractivity contribution in [2.75, 3.05) is 26.2 Å². The molecule has 1 rings (SSSR count). The molecule has 1 aliphatic rings. The highest BCUT2D eigenvalue weighted by atomic mass is 16.4. The molecule has 4 nitrogen and oxygen atoms in total. The summed E-state index contributed by atoms with van der Waals surface area (Å²) in [6.45, 7) is 6.18. The Kier molecular flexibility index (Phi) is 6.11. The lowest BCUT2D eigenvalue weighted by atomic mass is 10.1. The quantitative estimate of drug-likeness (QED) is 0.526. The molecule has 1 saturated heterocycles. The zero-order chi connectivity index (χ0) is 11.8. The summed E-state index contributed by atoms with van der Waals surface area (Å²) in [5, 5.41) is 11.6. The molecule has 4 heteroatoms. The van der Waals surface area contributed by atoms with Gasteiger partial charge in [-0.05, 0) is 32.9 Å². The van der Waals surface area contributed by atoms with Crippen molar-refractivity contribution >= 4 is 5.97 Å². The van der Waals surface area contributed by atoms with Gasteiger partial charge >= 0.3 is 5.97 Å². The maximum absolute atomic E-state index is 10.2. The first-order valence-electron chi connectivity index (χ1n) is 6.04. The van der Waals surface area contributed by atoms with Crippen LogP contribution in [0.3, 0.4) is 0 Å². The van der Waals surface area contributed by atoms with E-state index in [1.165, 1.54) is 38.4 Å². The summed E-state index contributed by atoms with van der Waals surface area (Å²) in [5.74, 6) is -0.883. The van der Waals surface area contributed by atoms with Crippen LogP contribution in [0.4, 0.5) is 0 Å². The van der Waals surface area contributed by atoms with E-state index in [4.69, 9.17) is 5.11 Å². The first kappa shape index (κ1) is 13.2. The Balaban J connectivity index is 2.09. The third kappa shape index (κ3) is 5.28. The molecular formula is C12H22N2O2. The molecule has 0 aromatic carbocycles. The molecule has 1 fully saturated rings. The number of nitrogens with zero attached hydrogens (tertiary/aromatic N) is 1. The normalized spacial score (nSPS) is 20.1. The molecule has 0 amide bonds. The van der Waals surface area contributed by atoms with Crippen molar-refractivity contribution in [2.45, 2.75) is 32.2 Å². The zero-order valence-corrected chi connectivity index (χ0v) is 9.98. The molecule has 92 valence electrons. The lowest BCUT2D eigenvalue weighted by Crippen LogP contribution is -2.43. The number of likely N-dealkylation sites (tertiary alicyclic amines) is 1. The van der Waals surface area contributed by atoms with E-state index < -0.39 is 5.97 Å². The van der Waals surface area contributed by atoms with Crippen molar-refractivity contribution < 1.29 is 9.90 Å². The Morgan fingerprint density at radius 3 is 2.75 bits per heavy atom. The maximum Gasteiger partial charge on any atom is 0.328 e. The van der Waals surface area contributed by atoms with Gasteiger partial charge in [-0.25, -0.2) is 4.79 Å². The number of carboxylic acid groups (broad SMARTS) is 1. The molecule has 1 aliphatic heterocycles. The Morgan fingerprint density at radius 1 is 1.44 bits per heavy atom. The van der Waals surface area contributed by atoms with Crippen LogP contribution in [0.1, 0.15) is 26.2 Å². The highest BCUT2D eigenvalue weighted by molar-refractivity contribution is 5.79. The minimum absolute atomic E-state index is 0.540. The molecule has 0 aliphatic carbocycles. The topological polar surface area (TPSA) is 52.6 Å². The fraction of sp³-hybridized carbons (Fsp3) is 0.750. The van der Waals surface area contributed by atoms with Crippen LogP contribution in [0.2, 0.25) is 0 Å². The summed E-state index contributed by atoms with van der Waals surface area (Å²) in [4.78, 5) is 12.7. The van der Waals surface area contributed by atoms with Crippen LogP contribution in [0.25, 0.3) is 0 Å². The van der Waals surface area contributed by atoms with E-state index in [0.29, 0.717) is 12.6 Å². The van der Waals surface area contributed by atoms with Crippen molar-refractivity contribution in [1.29, 1.82) is 0 Å². The minimum atomic E-state index is -0.883. The van der Waals surface area contributed by atoms with Gasteiger partial charge in [-0.15, -0.1) is 0 Å². The van der Waals surface area contributed by atoms with Crippen LogP contribution < -0.4 is 5.32 Å². The van der Waals surface area contributed by atoms with E-state index in [1.54, 1.807) is 6.08 Å². The highest BCUT2D eigenvalue weighted by Gasteiger charge is 2.15. The maximum atomic E-state index is 10.2. The Labute approximate surface area is 97.3 Å². The van der Waals surface area contributed by atoms with Crippen LogP contribution in [-0.2, 0) is 4.79 Å². The first-order chi connectivity index (χ1) is 7.70. The minimum Gasteiger partial charge on any atom is -0.478 e. The Morgan fingerprint density at radius 2 is 2.12 bits per heavy atom. The number of carbonyl (C=O) groups is 1. The van der Waals surface area contributed by atoms with Crippen molar-refractivity contribution in [3.63, 3.8) is 0 Å². The second-order valence-corrected chi connectivity index (χ2v) is 4.34. The molecule has 1 unspecified atom stereocenters. The van der Waals surface area contributed by atoms with Crippen LogP contribution in [0.5, 0.6) is 0 Å². The smallest absolute Gasteiger partial charge is 0.328 e. The largest absolute Gasteiger partial charge is 0.478 e. The fourth-order valence-corrected chi connectivity index (χ4v) is 2.02. The summed E-state index contributed by atoms with van der Waals surface area (Å²) in [7, 11) is 0. The van der Waals surface area contributed by atoms with E-state index in [2.05, 4.69) is 17.1 Å². The van der Waals surface area contributed by atoms with E-state index in [-0.39, 0.29) is 0 Å². The molecular weight excluding hydrogens is 204 g/mol. The van der Waals surface area contributed by atoms with Gasteiger partial charge in [0.25, 0.3) is 0 Å². The van der Waals surface area contributed by atoms with Gasteiger partial charge < -0.3 is 10.4 Å². The van der Waals surface area contributed by atoms with Gasteiger partial charge in [0.15, 0.2) is 0 Å². The second kappa shape index (κ2) is 7.41. The molecule has 0 spiro atoms. The number of aliphatic carboxylic acids is 1. The molecule has 2 N–H and O–H groups in total. The zero-order valence-electron chi connectivity index (χ0n) is 9.98. The summed E-state index contributed by atoms with van der Waals surface area (Å²) in [5.41, 5.74) is 0. The van der Waals surface area contributed by atoms with E-state index in [1.807, 2.05) is 0 Å². The van der Waals surface area contributed by atoms with Crippen LogP contribution in [0, 0.1) is 0 Å². The number of piperidine rings is 1. The van der Waals surface area contributed by atoms with Crippen LogP contribution in [0.15, 0.2) is 12.2 Å². The molecule has 0 bridgehead atoms. The van der Waals surface area contributed by atoms with Gasteiger partial charge in [-0.2, -0.15) is 0 Å². The average molecular weight is 226 g/mol. The van der Waals surface area contributed by atoms with Crippen molar-refractivity contribution in [1.82, 2.24) is 10.2 Å². The number of rotatable bonds is 6. The molecule has 0 aromatic rings. The monoisotopic (exact) mass is 226 g/mol. The standard InChI is InChI=1S/C12H22N2O2/c1-11(14-8-3-2-4-9-14)10-13-7-5-6-12(15)16/h5-6,11,13H,2-4,7-10H2,1H3,(H,15,16)/b6-5+. The highest BCUT2D eigenvalue weighted by Crippen LogP contribution is 2.11. The van der Waals surface area contributed by atoms with Crippen molar-refractivity contribution in [3.8, 4) is 0 Å². The Bertz CT molecular complexity index is 235. The lowest BCUT2D eigenvalue weighted by molar-refractivity contribution is -0.131. The van der Waals surface area contributed by atoms with E-state index in [0.717, 1.165) is 6.54 Å². The van der Waals surface area contributed by atoms with Gasteiger partial charge in [0.1, 0.15) is 0 Å². The van der Waals surface area contributed by atoms with Gasteiger partial charge in [0, 0.05) is 25.2 Å². The van der Waals surface area contributed by atoms with Gasteiger partial charge in [0.05, 0.1) is 0 Å². The van der Waals surface area contributed by atoms with E-state index >= 15 is 0 Å². The average Bonchev–Trinajstić information content (AvgIpc) is 2.29. The van der Waals surface area contributed by atoms with Crippen molar-refractivity contribution in [3.05, 3.63) is 12.2 Å². The van der Waals surface area contributed by atoms with Gasteiger partial charge in [0.2, 0.25) is 0 Å². The third-order valence-corrected chi connectivity index (χ3v) is 2.98. The number of hydrogen-bond acceptors (Lipinski definition) is 3. The fourth-order valence-electron chi connectivity index (χ4n) is 2.02. The SMILES string of the molecule is CC(CNC/C=C/C(=O)O)N1CCCCC1. The molecule has 1 heterocycles. The summed E-state index contributed by atoms with van der Waals surface area (Å²) >= 11 is 0. The van der Waals surface area contributed by atoms with Crippen LogP contribution >= 0.6 is 0 Å². The summed E-state index contributed by atoms with van der Waals surface area (Å²) < 4.78 is 0. The molecule has 1 atom stereocenters. The summed E-state index contributed by atoms with van der Waals surface area (Å²) in [6.07, 6.45) is 6.80. The van der Waals surface area contributed by atoms with Gasteiger partial charge in [-0.3, -0.25) is 4.90 Å². The number of hydrogen-bond donors (Lipinski definition) is 2. The predicted octanol–water partition coefficient (Wildman–Crippen LogP) is 1.09. The third-order valence-electron chi connectivity index (χ3n) is 2.98. The van der Waals surface area contributed by atoms with Crippen LogP contribution in [-0.4, -0.2) is 48.2 Å². The second-order valence-electron chi connectivity index (χ2n) is 4.34. The molecule has 16 heavy (non-hydrogen) atoms. The van der Waals surface area contributed by atoms with Gasteiger partial charge in [-0.1, -0.05) is 12.5 Å². The van der Waals surface area contributed by atoms with E-state index in [9.17, 15) is 4.79 Å². The lowest BCUT2D eigenvalue weighted by Gasteiger charge is -2.32. The summed E-state index contributed by atoms with van der Waals surface area (Å²) in [6, 6.07) is 0.540. The predicted molar refractivity (Wildman–Crippen MR) is 64.5 cm³/mol. The number of nitrogens with one attached hydrogen (secondary N) is 1. The molecule has 0 aromatic heterocycles. The first-order valence-corrected chi connectivity index (χ1v) is 6.04. The molecule has 0 radical (unpaired) electrons. The van der Waals surface area contributed by atoms with Crippen molar-refractivity contribution in [2.24, 2.45) is 0 Å².